The number of anilines is 1. The van der Waals surface area contributed by atoms with Crippen molar-refractivity contribution >= 4 is 29.1 Å². The van der Waals surface area contributed by atoms with E-state index in [1.807, 2.05) is 0 Å². The van der Waals surface area contributed by atoms with E-state index in [1.165, 1.54) is 36.0 Å². The maximum Gasteiger partial charge on any atom is 0.142 e. The second-order valence-corrected chi connectivity index (χ2v) is 5.14. The lowest BCUT2D eigenvalue weighted by molar-refractivity contribution is 0.627. The molecule has 0 aromatic heterocycles. The molecule has 0 saturated carbocycles. The monoisotopic (exact) mass is 285 g/mol. The topological polar surface area (TPSA) is 26.0 Å². The first-order chi connectivity index (χ1) is 8.56. The normalized spacial score (nSPS) is 10.6. The Bertz CT molecular complexity index is 575. The summed E-state index contributed by atoms with van der Waals surface area (Å²) in [7, 11) is 0. The highest BCUT2D eigenvalue weighted by Crippen LogP contribution is 2.29. The van der Waals surface area contributed by atoms with Crippen LogP contribution in [0, 0.1) is 11.6 Å². The molecule has 0 aliphatic carbocycles. The summed E-state index contributed by atoms with van der Waals surface area (Å²) >= 11 is 7.02. The SMILES string of the molecule is Nc1cc(F)ccc1SCc1ccc(Cl)c(F)c1. The van der Waals surface area contributed by atoms with Crippen molar-refractivity contribution in [1.29, 1.82) is 0 Å². The smallest absolute Gasteiger partial charge is 0.142 e. The molecule has 0 radical (unpaired) electrons. The number of benzene rings is 2. The van der Waals surface area contributed by atoms with E-state index in [4.69, 9.17) is 17.3 Å². The van der Waals surface area contributed by atoms with E-state index in [-0.39, 0.29) is 10.8 Å². The largest absolute Gasteiger partial charge is 0.398 e. The van der Waals surface area contributed by atoms with Gasteiger partial charge in [-0.1, -0.05) is 17.7 Å². The van der Waals surface area contributed by atoms with Crippen LogP contribution >= 0.6 is 23.4 Å². The molecule has 2 N–H and O–H groups in total. The van der Waals surface area contributed by atoms with Crippen molar-refractivity contribution in [1.82, 2.24) is 0 Å². The summed E-state index contributed by atoms with van der Waals surface area (Å²) in [6.07, 6.45) is 0. The molecule has 0 atom stereocenters. The molecule has 0 amide bonds. The Morgan fingerprint density at radius 1 is 1.11 bits per heavy atom. The van der Waals surface area contributed by atoms with Crippen LogP contribution in [0.4, 0.5) is 14.5 Å². The van der Waals surface area contributed by atoms with Crippen LogP contribution in [0.5, 0.6) is 0 Å². The zero-order chi connectivity index (χ0) is 13.1. The van der Waals surface area contributed by atoms with E-state index in [9.17, 15) is 8.78 Å². The van der Waals surface area contributed by atoms with Gasteiger partial charge >= 0.3 is 0 Å². The van der Waals surface area contributed by atoms with Crippen LogP contribution in [-0.2, 0) is 5.75 Å². The Morgan fingerprint density at radius 3 is 2.56 bits per heavy atom. The average molecular weight is 286 g/mol. The Labute approximate surface area is 113 Å². The van der Waals surface area contributed by atoms with Crippen LogP contribution in [0.25, 0.3) is 0 Å². The Hall–Kier alpha value is -1.26. The van der Waals surface area contributed by atoms with Crippen LogP contribution in [0.15, 0.2) is 41.3 Å². The summed E-state index contributed by atoms with van der Waals surface area (Å²) in [6.45, 7) is 0. The molecule has 1 nitrogen and oxygen atoms in total. The first-order valence-corrected chi connectivity index (χ1v) is 6.54. The molecule has 0 fully saturated rings. The summed E-state index contributed by atoms with van der Waals surface area (Å²) < 4.78 is 26.1. The number of thioether (sulfide) groups is 1. The van der Waals surface area contributed by atoms with Gasteiger partial charge in [-0.2, -0.15) is 0 Å². The van der Waals surface area contributed by atoms with Crippen molar-refractivity contribution in [2.45, 2.75) is 10.6 Å². The van der Waals surface area contributed by atoms with Gasteiger partial charge in [0.15, 0.2) is 0 Å². The quantitative estimate of drug-likeness (QED) is 0.664. The molecule has 2 aromatic carbocycles. The van der Waals surface area contributed by atoms with Crippen LogP contribution < -0.4 is 5.73 Å². The molecule has 0 unspecified atom stereocenters. The van der Waals surface area contributed by atoms with Gasteiger partial charge in [0.1, 0.15) is 11.6 Å². The highest BCUT2D eigenvalue weighted by molar-refractivity contribution is 7.98. The molecule has 0 aliphatic heterocycles. The Balaban J connectivity index is 2.09. The minimum Gasteiger partial charge on any atom is -0.398 e. The fourth-order valence-corrected chi connectivity index (χ4v) is 2.45. The van der Waals surface area contributed by atoms with Crippen LogP contribution in [0.3, 0.4) is 0 Å². The highest BCUT2D eigenvalue weighted by atomic mass is 35.5. The van der Waals surface area contributed by atoms with Gasteiger partial charge in [0.2, 0.25) is 0 Å². The fourth-order valence-electron chi connectivity index (χ4n) is 1.44. The van der Waals surface area contributed by atoms with Gasteiger partial charge < -0.3 is 5.73 Å². The lowest BCUT2D eigenvalue weighted by Crippen LogP contribution is -1.91. The van der Waals surface area contributed by atoms with Crippen molar-refractivity contribution in [2.24, 2.45) is 0 Å². The molecule has 5 heteroatoms. The molecular formula is C13H10ClF2NS. The predicted molar refractivity (Wildman–Crippen MR) is 71.8 cm³/mol. The van der Waals surface area contributed by atoms with Gasteiger partial charge in [-0.15, -0.1) is 11.8 Å². The lowest BCUT2D eigenvalue weighted by Gasteiger charge is -2.06. The van der Waals surface area contributed by atoms with Crippen LogP contribution in [0.1, 0.15) is 5.56 Å². The minimum absolute atomic E-state index is 0.102. The van der Waals surface area contributed by atoms with Gasteiger partial charge in [0.05, 0.1) is 5.02 Å². The van der Waals surface area contributed by atoms with E-state index in [0.29, 0.717) is 11.4 Å². The number of nitrogen functional groups attached to an aromatic ring is 1. The second-order valence-electron chi connectivity index (χ2n) is 3.72. The summed E-state index contributed by atoms with van der Waals surface area (Å²) in [5.41, 5.74) is 6.86. The molecule has 2 rings (SSSR count). The number of rotatable bonds is 3. The van der Waals surface area contributed by atoms with E-state index >= 15 is 0 Å². The third kappa shape index (κ3) is 3.15. The first kappa shape index (κ1) is 13.2. The maximum atomic E-state index is 13.2. The van der Waals surface area contributed by atoms with Gasteiger partial charge in [-0.3, -0.25) is 0 Å². The number of hydrogen-bond donors (Lipinski definition) is 1. The van der Waals surface area contributed by atoms with E-state index in [1.54, 1.807) is 12.1 Å². The maximum absolute atomic E-state index is 13.2. The zero-order valence-electron chi connectivity index (χ0n) is 9.29. The zero-order valence-corrected chi connectivity index (χ0v) is 10.9. The van der Waals surface area contributed by atoms with Gasteiger partial charge in [0, 0.05) is 16.3 Å². The molecular weight excluding hydrogens is 276 g/mol. The van der Waals surface area contributed by atoms with Crippen molar-refractivity contribution in [3.8, 4) is 0 Å². The van der Waals surface area contributed by atoms with Crippen molar-refractivity contribution in [3.63, 3.8) is 0 Å². The third-order valence-corrected chi connectivity index (χ3v) is 3.82. The summed E-state index contributed by atoms with van der Waals surface area (Å²) in [6, 6.07) is 8.88. The molecule has 0 spiro atoms. The van der Waals surface area contributed by atoms with Gasteiger partial charge in [0.25, 0.3) is 0 Å². The first-order valence-electron chi connectivity index (χ1n) is 5.18. The van der Waals surface area contributed by atoms with E-state index in [2.05, 4.69) is 0 Å². The minimum atomic E-state index is -0.443. The summed E-state index contributed by atoms with van der Waals surface area (Å²) in [5.74, 6) is -0.263. The molecule has 94 valence electrons. The molecule has 0 heterocycles. The Morgan fingerprint density at radius 2 is 1.89 bits per heavy atom. The Kier molecular flexibility index (Phi) is 4.09. The standard InChI is InChI=1S/C13H10ClF2NS/c14-10-3-1-8(5-11(10)16)7-18-13-4-2-9(15)6-12(13)17/h1-6H,7,17H2. The summed E-state index contributed by atoms with van der Waals surface area (Å²) in [4.78, 5) is 0.770. The van der Waals surface area contributed by atoms with E-state index < -0.39 is 5.82 Å². The van der Waals surface area contributed by atoms with Gasteiger partial charge in [-0.25, -0.2) is 8.78 Å². The molecule has 0 saturated heterocycles. The number of hydrogen-bond acceptors (Lipinski definition) is 2. The number of nitrogens with two attached hydrogens (primary N) is 1. The molecule has 18 heavy (non-hydrogen) atoms. The van der Waals surface area contributed by atoms with Gasteiger partial charge in [-0.05, 0) is 35.9 Å². The third-order valence-electron chi connectivity index (χ3n) is 2.35. The van der Waals surface area contributed by atoms with Crippen LogP contribution in [-0.4, -0.2) is 0 Å². The molecule has 0 aliphatic rings. The van der Waals surface area contributed by atoms with Crippen LogP contribution in [0.2, 0.25) is 5.02 Å². The predicted octanol–water partition coefficient (Wildman–Crippen LogP) is 4.49. The molecule has 2 aromatic rings. The average Bonchev–Trinajstić information content (AvgIpc) is 2.32. The lowest BCUT2D eigenvalue weighted by atomic mass is 10.2. The van der Waals surface area contributed by atoms with Crippen molar-refractivity contribution < 1.29 is 8.78 Å². The fraction of sp³-hybridized carbons (Fsp3) is 0.0769. The van der Waals surface area contributed by atoms with Crippen molar-refractivity contribution in [3.05, 3.63) is 58.6 Å². The highest BCUT2D eigenvalue weighted by Gasteiger charge is 2.04. The molecule has 0 bridgehead atoms. The second kappa shape index (κ2) is 5.59. The number of halogens is 3. The summed E-state index contributed by atoms with van der Waals surface area (Å²) in [5, 5.41) is 0.102. The van der Waals surface area contributed by atoms with E-state index in [0.717, 1.165) is 10.5 Å². The van der Waals surface area contributed by atoms with Crippen molar-refractivity contribution in [2.75, 3.05) is 5.73 Å².